The number of imidazole rings is 1. The quantitative estimate of drug-likeness (QED) is 0.147. The van der Waals surface area contributed by atoms with Crippen molar-refractivity contribution in [1.82, 2.24) is 25.2 Å². The molecule has 0 radical (unpaired) electrons. The van der Waals surface area contributed by atoms with Gasteiger partial charge in [-0.2, -0.15) is 0 Å². The lowest BCUT2D eigenvalue weighted by molar-refractivity contribution is 0.0528. The standard InChI is InChI=1S/C34H44N6O3/c1-5-6-7-8-22-36-32(41)38-27-16-11-25(12-17-27)15-20-30-39-29-10-9-23-35-31(29)40(30)28-18-13-26(14-19-28)21-24-37-33(42)43-34(2,3)4/h9-14,16-19,23H,5-8,15,20-22,24H2,1-4H3,(H,37,42)(H2,36,38,41). The summed E-state index contributed by atoms with van der Waals surface area (Å²) in [7, 11) is 0. The van der Waals surface area contributed by atoms with Gasteiger partial charge in [-0.05, 0) is 87.6 Å². The summed E-state index contributed by atoms with van der Waals surface area (Å²) in [5, 5.41) is 8.65. The second-order valence-electron chi connectivity index (χ2n) is 11.7. The summed E-state index contributed by atoms with van der Waals surface area (Å²) >= 11 is 0. The van der Waals surface area contributed by atoms with Crippen molar-refractivity contribution in [2.75, 3.05) is 18.4 Å². The fourth-order valence-corrected chi connectivity index (χ4v) is 4.77. The Kier molecular flexibility index (Phi) is 11.1. The molecule has 2 aromatic heterocycles. The number of carbonyl (C=O) groups is 2. The number of benzene rings is 2. The summed E-state index contributed by atoms with van der Waals surface area (Å²) in [6.45, 7) is 8.90. The lowest BCUT2D eigenvalue weighted by Gasteiger charge is -2.19. The van der Waals surface area contributed by atoms with Crippen LogP contribution in [0.3, 0.4) is 0 Å². The lowest BCUT2D eigenvalue weighted by atomic mass is 10.1. The molecule has 0 atom stereocenters. The molecule has 0 aliphatic rings. The Morgan fingerprint density at radius 2 is 1.56 bits per heavy atom. The zero-order chi connectivity index (χ0) is 30.7. The number of anilines is 1. The lowest BCUT2D eigenvalue weighted by Crippen LogP contribution is -2.33. The van der Waals surface area contributed by atoms with Gasteiger partial charge in [-0.25, -0.2) is 19.6 Å². The van der Waals surface area contributed by atoms with Crippen LogP contribution in [0.1, 0.15) is 70.3 Å². The molecule has 43 heavy (non-hydrogen) atoms. The van der Waals surface area contributed by atoms with Crippen LogP contribution in [-0.4, -0.2) is 45.3 Å². The maximum Gasteiger partial charge on any atom is 0.407 e. The van der Waals surface area contributed by atoms with E-state index in [1.165, 1.54) is 12.8 Å². The van der Waals surface area contributed by atoms with Crippen LogP contribution >= 0.6 is 0 Å². The first-order chi connectivity index (χ1) is 20.7. The van der Waals surface area contributed by atoms with E-state index in [-0.39, 0.29) is 6.03 Å². The number of nitrogens with zero attached hydrogens (tertiary/aromatic N) is 3. The predicted octanol–water partition coefficient (Wildman–Crippen LogP) is 6.97. The van der Waals surface area contributed by atoms with Gasteiger partial charge in [0.1, 0.15) is 16.9 Å². The van der Waals surface area contributed by atoms with Crippen molar-refractivity contribution in [3.05, 3.63) is 83.8 Å². The summed E-state index contributed by atoms with van der Waals surface area (Å²) in [6.07, 6.45) is 8.10. The highest BCUT2D eigenvalue weighted by molar-refractivity contribution is 5.89. The number of unbranched alkanes of at least 4 members (excludes halogenated alkanes) is 3. The van der Waals surface area contributed by atoms with Crippen LogP contribution in [0.15, 0.2) is 66.9 Å². The third-order valence-corrected chi connectivity index (χ3v) is 6.93. The van der Waals surface area contributed by atoms with Crippen LogP contribution in [0, 0.1) is 0 Å². The van der Waals surface area contributed by atoms with E-state index in [0.717, 1.165) is 65.2 Å². The number of urea groups is 1. The number of hydrogen-bond acceptors (Lipinski definition) is 5. The number of aryl methyl sites for hydroxylation is 2. The van der Waals surface area contributed by atoms with Crippen LogP contribution in [-0.2, 0) is 24.0 Å². The number of aromatic nitrogens is 3. The second-order valence-corrected chi connectivity index (χ2v) is 11.7. The number of carbonyl (C=O) groups excluding carboxylic acids is 2. The van der Waals surface area contributed by atoms with E-state index < -0.39 is 11.7 Å². The normalized spacial score (nSPS) is 11.3. The zero-order valence-corrected chi connectivity index (χ0v) is 25.8. The number of nitrogens with one attached hydrogen (secondary N) is 3. The van der Waals surface area contributed by atoms with Crippen molar-refractivity contribution in [2.24, 2.45) is 0 Å². The third kappa shape index (κ3) is 9.84. The van der Waals surface area contributed by atoms with E-state index in [1.807, 2.05) is 57.2 Å². The molecule has 0 fully saturated rings. The number of rotatable bonds is 13. The maximum absolute atomic E-state index is 12.2. The van der Waals surface area contributed by atoms with Crippen LogP contribution in [0.5, 0.6) is 0 Å². The summed E-state index contributed by atoms with van der Waals surface area (Å²) in [5.74, 6) is 0.928. The Balaban J connectivity index is 1.36. The van der Waals surface area contributed by atoms with Gasteiger partial charge >= 0.3 is 12.1 Å². The first-order valence-electron chi connectivity index (χ1n) is 15.2. The highest BCUT2D eigenvalue weighted by Gasteiger charge is 2.16. The van der Waals surface area contributed by atoms with E-state index in [4.69, 9.17) is 9.72 Å². The van der Waals surface area contributed by atoms with Gasteiger partial charge in [0, 0.05) is 37.1 Å². The van der Waals surface area contributed by atoms with Crippen LogP contribution in [0.2, 0.25) is 0 Å². The molecule has 0 unspecified atom stereocenters. The average Bonchev–Trinajstić information content (AvgIpc) is 3.34. The molecular formula is C34H44N6O3. The molecule has 0 saturated heterocycles. The van der Waals surface area contributed by atoms with Crippen molar-refractivity contribution in [2.45, 2.75) is 78.2 Å². The molecule has 9 heteroatoms. The molecule has 3 N–H and O–H groups in total. The number of fused-ring (bicyclic) bond motifs is 1. The van der Waals surface area contributed by atoms with Crippen molar-refractivity contribution >= 4 is 29.0 Å². The third-order valence-electron chi connectivity index (χ3n) is 6.93. The molecule has 0 aliphatic carbocycles. The molecular weight excluding hydrogens is 540 g/mol. The van der Waals surface area contributed by atoms with Crippen molar-refractivity contribution in [3.63, 3.8) is 0 Å². The fourth-order valence-electron chi connectivity index (χ4n) is 4.77. The SMILES string of the molecule is CCCCCCNC(=O)Nc1ccc(CCc2nc3cccnc3n2-c2ccc(CCNC(=O)OC(C)(C)C)cc2)cc1. The number of alkyl carbamates (subject to hydrolysis) is 1. The Hall–Kier alpha value is -4.40. The van der Waals surface area contributed by atoms with E-state index >= 15 is 0 Å². The van der Waals surface area contributed by atoms with E-state index in [2.05, 4.69) is 56.7 Å². The van der Waals surface area contributed by atoms with Gasteiger partial charge in [0.15, 0.2) is 5.65 Å². The Morgan fingerprint density at radius 3 is 2.28 bits per heavy atom. The van der Waals surface area contributed by atoms with Gasteiger partial charge in [-0.3, -0.25) is 4.57 Å². The predicted molar refractivity (Wildman–Crippen MR) is 172 cm³/mol. The van der Waals surface area contributed by atoms with Gasteiger partial charge in [0.2, 0.25) is 0 Å². The van der Waals surface area contributed by atoms with E-state index in [0.29, 0.717) is 19.5 Å². The molecule has 0 saturated carbocycles. The molecule has 0 aliphatic heterocycles. The molecule has 2 aromatic carbocycles. The summed E-state index contributed by atoms with van der Waals surface area (Å²) in [5.41, 5.74) is 5.17. The monoisotopic (exact) mass is 584 g/mol. The molecule has 3 amide bonds. The van der Waals surface area contributed by atoms with Crippen molar-refractivity contribution < 1.29 is 14.3 Å². The number of ether oxygens (including phenoxy) is 1. The largest absolute Gasteiger partial charge is 0.444 e. The minimum absolute atomic E-state index is 0.171. The molecule has 228 valence electrons. The molecule has 9 nitrogen and oxygen atoms in total. The first-order valence-corrected chi connectivity index (χ1v) is 15.2. The fraction of sp³-hybridized carbons (Fsp3) is 0.412. The Morgan fingerprint density at radius 1 is 0.837 bits per heavy atom. The maximum atomic E-state index is 12.2. The minimum atomic E-state index is -0.517. The van der Waals surface area contributed by atoms with E-state index in [9.17, 15) is 9.59 Å². The zero-order valence-electron chi connectivity index (χ0n) is 25.8. The second kappa shape index (κ2) is 15.2. The molecule has 2 heterocycles. The summed E-state index contributed by atoms with van der Waals surface area (Å²) < 4.78 is 7.42. The molecule has 0 spiro atoms. The molecule has 0 bridgehead atoms. The molecule has 4 rings (SSSR count). The Labute approximate surface area is 254 Å². The first kappa shape index (κ1) is 31.5. The van der Waals surface area contributed by atoms with Gasteiger partial charge in [0.25, 0.3) is 0 Å². The number of amides is 3. The average molecular weight is 585 g/mol. The van der Waals surface area contributed by atoms with Crippen LogP contribution < -0.4 is 16.0 Å². The van der Waals surface area contributed by atoms with Gasteiger partial charge in [-0.1, -0.05) is 50.5 Å². The number of pyridine rings is 1. The summed E-state index contributed by atoms with van der Waals surface area (Å²) in [6, 6.07) is 19.9. The topological polar surface area (TPSA) is 110 Å². The minimum Gasteiger partial charge on any atom is -0.444 e. The Bertz CT molecular complexity index is 1470. The van der Waals surface area contributed by atoms with Crippen LogP contribution in [0.4, 0.5) is 15.3 Å². The molecule has 4 aromatic rings. The van der Waals surface area contributed by atoms with Gasteiger partial charge < -0.3 is 20.7 Å². The highest BCUT2D eigenvalue weighted by Crippen LogP contribution is 2.22. The number of hydrogen-bond donors (Lipinski definition) is 3. The smallest absolute Gasteiger partial charge is 0.407 e. The van der Waals surface area contributed by atoms with Crippen molar-refractivity contribution in [3.8, 4) is 5.69 Å². The summed E-state index contributed by atoms with van der Waals surface area (Å²) in [4.78, 5) is 33.6. The van der Waals surface area contributed by atoms with Crippen LogP contribution in [0.25, 0.3) is 16.9 Å². The van der Waals surface area contributed by atoms with Crippen molar-refractivity contribution in [1.29, 1.82) is 0 Å². The highest BCUT2D eigenvalue weighted by atomic mass is 16.6. The van der Waals surface area contributed by atoms with Gasteiger partial charge in [-0.15, -0.1) is 0 Å². The van der Waals surface area contributed by atoms with Gasteiger partial charge in [0.05, 0.1) is 0 Å². The van der Waals surface area contributed by atoms with E-state index in [1.54, 1.807) is 6.20 Å².